The van der Waals surface area contributed by atoms with E-state index in [1.165, 1.54) is 12.8 Å². The lowest BCUT2D eigenvalue weighted by Crippen LogP contribution is -2.57. The molecule has 1 atom stereocenters. The average Bonchev–Trinajstić information content (AvgIpc) is 3.15. The molecule has 0 bridgehead atoms. The Hall–Kier alpha value is -1.70. The fourth-order valence-corrected chi connectivity index (χ4v) is 4.15. The van der Waals surface area contributed by atoms with Gasteiger partial charge in [0.05, 0.1) is 37.9 Å². The van der Waals surface area contributed by atoms with E-state index in [0.29, 0.717) is 5.52 Å². The summed E-state index contributed by atoms with van der Waals surface area (Å²) < 4.78 is 9.43. The molecule has 0 amide bonds. The molecule has 4 rings (SSSR count). The minimum atomic E-state index is 0.112. The molecule has 1 N–H and O–H groups in total. The lowest BCUT2D eigenvalue weighted by atomic mass is 10.3. The first-order valence-electron chi connectivity index (χ1n) is 8.47. The van der Waals surface area contributed by atoms with Crippen molar-refractivity contribution in [2.75, 3.05) is 46.4 Å². The van der Waals surface area contributed by atoms with Gasteiger partial charge in [-0.1, -0.05) is 22.0 Å². The fraction of sp³-hybridized carbons (Fsp3) is 0.625. The van der Waals surface area contributed by atoms with E-state index in [9.17, 15) is 4.91 Å². The minimum absolute atomic E-state index is 0.112. The minimum Gasteiger partial charge on any atom is -0.379 e. The number of nitrogens with one attached hydrogen (secondary N) is 1. The maximum atomic E-state index is 12.3. The Labute approximate surface area is 135 Å². The summed E-state index contributed by atoms with van der Waals surface area (Å²) in [5, 5.41) is 3.03. The van der Waals surface area contributed by atoms with Gasteiger partial charge in [-0.05, 0) is 17.0 Å². The van der Waals surface area contributed by atoms with Crippen molar-refractivity contribution in [3.8, 4) is 0 Å². The molecule has 1 unspecified atom stereocenters. The second-order valence-electron chi connectivity index (χ2n) is 6.88. The molecule has 2 saturated heterocycles. The zero-order chi connectivity index (χ0) is 15.9. The van der Waals surface area contributed by atoms with Crippen LogP contribution in [0.15, 0.2) is 24.3 Å². The van der Waals surface area contributed by atoms with E-state index in [2.05, 4.69) is 21.8 Å². The van der Waals surface area contributed by atoms with E-state index in [1.54, 1.807) is 0 Å². The molecule has 3 heterocycles. The standard InChI is InChI=1S/C16H25N5O2/c1-21(10-4-5-11-21)16(18-8-12-23-13-9-18)19-14-6-2-3-7-15(14)20(22)17-19/h2-3,6-7,16H,4-5,8-13H2,1H3,(H,17,22)/q+2. The number of benzene rings is 1. The zero-order valence-corrected chi connectivity index (χ0v) is 13.6. The summed E-state index contributed by atoms with van der Waals surface area (Å²) in [5.74, 6) is 0. The zero-order valence-electron chi connectivity index (χ0n) is 13.6. The second kappa shape index (κ2) is 5.74. The van der Waals surface area contributed by atoms with Gasteiger partial charge in [-0.3, -0.25) is 4.48 Å². The van der Waals surface area contributed by atoms with Crippen LogP contribution in [0.3, 0.4) is 0 Å². The molecule has 23 heavy (non-hydrogen) atoms. The summed E-state index contributed by atoms with van der Waals surface area (Å²) in [6.07, 6.45) is 2.60. The second-order valence-corrected chi connectivity index (χ2v) is 6.88. The van der Waals surface area contributed by atoms with Gasteiger partial charge in [0.2, 0.25) is 11.0 Å². The Bertz CT molecular complexity index is 740. The number of morpholine rings is 1. The number of para-hydroxylation sites is 2. The maximum Gasteiger partial charge on any atom is 0.312 e. The van der Waals surface area contributed by atoms with Gasteiger partial charge in [0.15, 0.2) is 0 Å². The third-order valence-corrected chi connectivity index (χ3v) is 5.31. The number of quaternary nitrogens is 1. The summed E-state index contributed by atoms with van der Waals surface area (Å²) in [4.78, 5) is 14.8. The Balaban J connectivity index is 1.84. The number of hydrogen-bond donors (Lipinski definition) is 1. The number of likely N-dealkylation sites (tertiary alicyclic amines) is 1. The predicted octanol–water partition coefficient (Wildman–Crippen LogP) is 0.913. The highest BCUT2D eigenvalue weighted by Gasteiger charge is 2.46. The summed E-state index contributed by atoms with van der Waals surface area (Å²) in [7, 11) is 2.31. The lowest BCUT2D eigenvalue weighted by Gasteiger charge is -2.41. The third-order valence-electron chi connectivity index (χ3n) is 5.31. The molecule has 2 fully saturated rings. The molecule has 124 valence electrons. The lowest BCUT2D eigenvalue weighted by molar-refractivity contribution is -0.952. The van der Waals surface area contributed by atoms with Gasteiger partial charge in [0, 0.05) is 25.9 Å². The SMILES string of the molecule is C[N+]1(C(N2CCOCC2)n2[nH][n+](=O)c3ccccc32)CCCC1. The Kier molecular flexibility index (Phi) is 3.71. The number of H-pyrrole nitrogens is 1. The number of fused-ring (bicyclic) bond motifs is 1. The molecule has 2 aromatic rings. The highest BCUT2D eigenvalue weighted by Crippen LogP contribution is 2.32. The fourth-order valence-electron chi connectivity index (χ4n) is 4.15. The largest absolute Gasteiger partial charge is 0.379 e. The van der Waals surface area contributed by atoms with Crippen LogP contribution >= 0.6 is 0 Å². The monoisotopic (exact) mass is 319 g/mol. The molecule has 2 aliphatic rings. The summed E-state index contributed by atoms with van der Waals surface area (Å²) in [5.41, 5.74) is 1.65. The number of rotatable bonds is 3. The summed E-state index contributed by atoms with van der Waals surface area (Å²) >= 11 is 0. The number of aromatic nitrogens is 3. The Morgan fingerprint density at radius 1 is 1.22 bits per heavy atom. The first-order chi connectivity index (χ1) is 11.2. The van der Waals surface area contributed by atoms with Crippen molar-refractivity contribution < 1.29 is 13.8 Å². The van der Waals surface area contributed by atoms with Crippen LogP contribution in [-0.2, 0) is 4.74 Å². The predicted molar refractivity (Wildman–Crippen MR) is 86.2 cm³/mol. The molecule has 0 spiro atoms. The van der Waals surface area contributed by atoms with E-state index in [0.717, 1.165) is 53.9 Å². The van der Waals surface area contributed by atoms with E-state index >= 15 is 0 Å². The number of nitrogens with zero attached hydrogens (tertiary/aromatic N) is 4. The van der Waals surface area contributed by atoms with Crippen LogP contribution in [0, 0.1) is 4.91 Å². The molecular formula is C16H25N5O2+2. The Morgan fingerprint density at radius 2 is 1.91 bits per heavy atom. The first kappa shape index (κ1) is 14.9. The van der Waals surface area contributed by atoms with Gasteiger partial charge >= 0.3 is 6.29 Å². The number of aromatic amines is 1. The number of hydrogen-bond acceptors (Lipinski definition) is 3. The third kappa shape index (κ3) is 2.49. The van der Waals surface area contributed by atoms with Crippen molar-refractivity contribution in [3.63, 3.8) is 0 Å². The smallest absolute Gasteiger partial charge is 0.312 e. The molecular weight excluding hydrogens is 294 g/mol. The van der Waals surface area contributed by atoms with Gasteiger partial charge in [0.25, 0.3) is 0 Å². The molecule has 2 aliphatic heterocycles. The highest BCUT2D eigenvalue weighted by atomic mass is 16.5. The van der Waals surface area contributed by atoms with Crippen LogP contribution in [0.2, 0.25) is 0 Å². The average molecular weight is 319 g/mol. The van der Waals surface area contributed by atoms with Crippen molar-refractivity contribution in [1.29, 1.82) is 0 Å². The number of ether oxygens (including phenoxy) is 1. The molecule has 1 aromatic heterocycles. The van der Waals surface area contributed by atoms with Crippen LogP contribution in [0.5, 0.6) is 0 Å². The topological polar surface area (TPSA) is 56.2 Å². The molecule has 1 aromatic carbocycles. The quantitative estimate of drug-likeness (QED) is 0.676. The molecule has 0 saturated carbocycles. The summed E-state index contributed by atoms with van der Waals surface area (Å²) in [6.45, 7) is 5.60. The highest BCUT2D eigenvalue weighted by molar-refractivity contribution is 5.70. The van der Waals surface area contributed by atoms with Crippen LogP contribution in [0.4, 0.5) is 0 Å². The van der Waals surface area contributed by atoms with Gasteiger partial charge < -0.3 is 4.74 Å². The van der Waals surface area contributed by atoms with Crippen molar-refractivity contribution in [3.05, 3.63) is 29.2 Å². The van der Waals surface area contributed by atoms with E-state index in [1.807, 2.05) is 24.3 Å². The normalized spacial score (nSPS) is 23.3. The molecule has 0 aliphatic carbocycles. The van der Waals surface area contributed by atoms with Crippen molar-refractivity contribution in [1.82, 2.24) is 14.8 Å². The van der Waals surface area contributed by atoms with E-state index in [4.69, 9.17) is 4.74 Å². The first-order valence-corrected chi connectivity index (χ1v) is 8.47. The van der Waals surface area contributed by atoms with Gasteiger partial charge in [-0.15, -0.1) is 0 Å². The molecule has 0 radical (unpaired) electrons. The van der Waals surface area contributed by atoms with Crippen LogP contribution < -0.4 is 4.54 Å². The van der Waals surface area contributed by atoms with E-state index < -0.39 is 0 Å². The van der Waals surface area contributed by atoms with Crippen molar-refractivity contribution in [2.45, 2.75) is 19.1 Å². The molecule has 7 heteroatoms. The molecule has 7 nitrogen and oxygen atoms in total. The van der Waals surface area contributed by atoms with Gasteiger partial charge in [-0.2, -0.15) is 0 Å². The van der Waals surface area contributed by atoms with E-state index in [-0.39, 0.29) is 6.29 Å². The van der Waals surface area contributed by atoms with Gasteiger partial charge in [0.1, 0.15) is 0 Å². The Morgan fingerprint density at radius 3 is 2.65 bits per heavy atom. The maximum absolute atomic E-state index is 12.3. The van der Waals surface area contributed by atoms with Crippen molar-refractivity contribution in [2.24, 2.45) is 0 Å². The van der Waals surface area contributed by atoms with Crippen molar-refractivity contribution >= 4 is 11.0 Å². The van der Waals surface area contributed by atoms with Crippen LogP contribution in [0.25, 0.3) is 11.0 Å². The van der Waals surface area contributed by atoms with Crippen LogP contribution in [0.1, 0.15) is 19.1 Å². The van der Waals surface area contributed by atoms with Gasteiger partial charge in [-0.25, -0.2) is 4.90 Å². The van der Waals surface area contributed by atoms with Crippen LogP contribution in [-0.4, -0.2) is 65.7 Å². The summed E-state index contributed by atoms with van der Waals surface area (Å²) in [6, 6.07) is 7.80.